The third kappa shape index (κ3) is 4.06. The Hall–Kier alpha value is -3.41. The van der Waals surface area contributed by atoms with Crippen molar-refractivity contribution in [3.05, 3.63) is 119 Å². The maximum absolute atomic E-state index is 11.7. The molecule has 0 atom stereocenters. The van der Waals surface area contributed by atoms with Gasteiger partial charge in [0.05, 0.1) is 12.7 Å². The number of benzene rings is 3. The molecular weight excluding hydrogens is 364 g/mol. The molecule has 0 aliphatic rings. The lowest BCUT2D eigenvalue weighted by Crippen LogP contribution is -2.29. The van der Waals surface area contributed by atoms with E-state index in [9.17, 15) is 5.11 Å². The van der Waals surface area contributed by atoms with Crippen LogP contribution in [-0.4, -0.2) is 10.1 Å². The van der Waals surface area contributed by atoms with Crippen LogP contribution in [-0.2, 0) is 12.1 Å². The standard InChI is InChI=1S/C24H22N2O3/c1-18-12-14-21(15-13-18)29-26-17-22-16-25-23(28-22)24(27,19-8-4-2-5-9-19)20-10-6-3-7-11-20/h2-16,26-27H,17H2,1H3. The van der Waals surface area contributed by atoms with Gasteiger partial charge in [0.25, 0.3) is 0 Å². The molecule has 0 aliphatic heterocycles. The number of aryl methyl sites for hydroxylation is 1. The summed E-state index contributed by atoms with van der Waals surface area (Å²) in [6.07, 6.45) is 1.59. The summed E-state index contributed by atoms with van der Waals surface area (Å²) in [7, 11) is 0. The van der Waals surface area contributed by atoms with Crippen molar-refractivity contribution in [1.29, 1.82) is 0 Å². The van der Waals surface area contributed by atoms with Crippen LogP contribution >= 0.6 is 0 Å². The molecule has 2 N–H and O–H groups in total. The average Bonchev–Trinajstić information content (AvgIpc) is 3.25. The van der Waals surface area contributed by atoms with Gasteiger partial charge in [0.1, 0.15) is 11.5 Å². The summed E-state index contributed by atoms with van der Waals surface area (Å²) >= 11 is 0. The third-order valence-electron chi connectivity index (χ3n) is 4.70. The normalized spacial score (nSPS) is 11.4. The number of oxazole rings is 1. The second kappa shape index (κ2) is 8.31. The highest BCUT2D eigenvalue weighted by Gasteiger charge is 2.38. The molecule has 0 unspecified atom stereocenters. The van der Waals surface area contributed by atoms with Crippen LogP contribution < -0.4 is 10.3 Å². The smallest absolute Gasteiger partial charge is 0.236 e. The van der Waals surface area contributed by atoms with Crippen molar-refractivity contribution < 1.29 is 14.4 Å². The average molecular weight is 386 g/mol. The van der Waals surface area contributed by atoms with E-state index in [0.29, 0.717) is 29.2 Å². The molecule has 0 bridgehead atoms. The van der Waals surface area contributed by atoms with Gasteiger partial charge in [0, 0.05) is 0 Å². The van der Waals surface area contributed by atoms with Crippen molar-refractivity contribution in [2.75, 3.05) is 0 Å². The van der Waals surface area contributed by atoms with E-state index in [-0.39, 0.29) is 5.89 Å². The molecule has 1 aromatic heterocycles. The zero-order chi connectivity index (χ0) is 20.1. The van der Waals surface area contributed by atoms with Gasteiger partial charge in [-0.15, -0.1) is 5.48 Å². The molecule has 1 heterocycles. The van der Waals surface area contributed by atoms with Gasteiger partial charge in [0.2, 0.25) is 5.89 Å². The Morgan fingerprint density at radius 2 is 1.48 bits per heavy atom. The number of aromatic nitrogens is 1. The maximum Gasteiger partial charge on any atom is 0.236 e. The third-order valence-corrected chi connectivity index (χ3v) is 4.70. The van der Waals surface area contributed by atoms with E-state index in [1.165, 1.54) is 5.56 Å². The van der Waals surface area contributed by atoms with Crippen LogP contribution in [0.1, 0.15) is 28.3 Å². The summed E-state index contributed by atoms with van der Waals surface area (Å²) in [5.41, 5.74) is 3.91. The van der Waals surface area contributed by atoms with Gasteiger partial charge in [-0.05, 0) is 30.2 Å². The fourth-order valence-electron chi connectivity index (χ4n) is 3.13. The fraction of sp³-hybridized carbons (Fsp3) is 0.125. The first-order valence-electron chi connectivity index (χ1n) is 9.41. The SMILES string of the molecule is Cc1ccc(ONCc2cnc(C(O)(c3ccccc3)c3ccccc3)o2)cc1. The summed E-state index contributed by atoms with van der Waals surface area (Å²) < 4.78 is 5.91. The molecule has 29 heavy (non-hydrogen) atoms. The summed E-state index contributed by atoms with van der Waals surface area (Å²) in [6.45, 7) is 2.33. The van der Waals surface area contributed by atoms with Crippen molar-refractivity contribution in [3.8, 4) is 5.75 Å². The van der Waals surface area contributed by atoms with Gasteiger partial charge in [-0.3, -0.25) is 0 Å². The van der Waals surface area contributed by atoms with Gasteiger partial charge < -0.3 is 14.4 Å². The topological polar surface area (TPSA) is 67.5 Å². The molecule has 0 saturated carbocycles. The Balaban J connectivity index is 1.55. The maximum atomic E-state index is 11.7. The Labute approximate surface area is 169 Å². The molecule has 5 heteroatoms. The second-order valence-corrected chi connectivity index (χ2v) is 6.81. The molecule has 4 aromatic rings. The van der Waals surface area contributed by atoms with Crippen molar-refractivity contribution >= 4 is 0 Å². The summed E-state index contributed by atoms with van der Waals surface area (Å²) in [5.74, 6) is 1.47. The van der Waals surface area contributed by atoms with Crippen molar-refractivity contribution in [2.24, 2.45) is 0 Å². The fourth-order valence-corrected chi connectivity index (χ4v) is 3.13. The summed E-state index contributed by atoms with van der Waals surface area (Å²) in [5, 5.41) is 11.7. The lowest BCUT2D eigenvalue weighted by molar-refractivity contribution is 0.0895. The number of nitrogens with zero attached hydrogens (tertiary/aromatic N) is 1. The molecule has 0 fully saturated rings. The van der Waals surface area contributed by atoms with Gasteiger partial charge in [0.15, 0.2) is 5.60 Å². The number of rotatable bonds is 7. The van der Waals surface area contributed by atoms with Gasteiger partial charge in [-0.25, -0.2) is 4.98 Å². The second-order valence-electron chi connectivity index (χ2n) is 6.81. The Bertz CT molecular complexity index is 1000. The predicted molar refractivity (Wildman–Crippen MR) is 110 cm³/mol. The van der Waals surface area contributed by atoms with Gasteiger partial charge in [-0.2, -0.15) is 0 Å². The molecule has 0 amide bonds. The lowest BCUT2D eigenvalue weighted by Gasteiger charge is -2.26. The van der Waals surface area contributed by atoms with E-state index in [0.717, 1.165) is 0 Å². The van der Waals surface area contributed by atoms with Crippen molar-refractivity contribution in [2.45, 2.75) is 19.1 Å². The monoisotopic (exact) mass is 386 g/mol. The molecule has 5 nitrogen and oxygen atoms in total. The highest BCUT2D eigenvalue weighted by molar-refractivity contribution is 5.41. The minimum atomic E-state index is -1.49. The van der Waals surface area contributed by atoms with E-state index in [2.05, 4.69) is 10.5 Å². The minimum absolute atomic E-state index is 0.210. The van der Waals surface area contributed by atoms with Crippen LogP contribution in [0.3, 0.4) is 0 Å². The molecular formula is C24H22N2O3. The zero-order valence-corrected chi connectivity index (χ0v) is 16.1. The van der Waals surface area contributed by atoms with Crippen LogP contribution in [0, 0.1) is 6.92 Å². The van der Waals surface area contributed by atoms with Crippen LogP contribution in [0.15, 0.2) is 95.5 Å². The van der Waals surface area contributed by atoms with E-state index >= 15 is 0 Å². The molecule has 4 rings (SSSR count). The van der Waals surface area contributed by atoms with E-state index < -0.39 is 5.60 Å². The number of aliphatic hydroxyl groups is 1. The predicted octanol–water partition coefficient (Wildman–Crippen LogP) is 4.35. The van der Waals surface area contributed by atoms with Crippen molar-refractivity contribution in [1.82, 2.24) is 10.5 Å². The zero-order valence-electron chi connectivity index (χ0n) is 16.1. The Morgan fingerprint density at radius 1 is 0.897 bits per heavy atom. The largest absolute Gasteiger partial charge is 0.440 e. The van der Waals surface area contributed by atoms with E-state index in [1.807, 2.05) is 91.9 Å². The minimum Gasteiger partial charge on any atom is -0.440 e. The lowest BCUT2D eigenvalue weighted by atomic mass is 9.86. The van der Waals surface area contributed by atoms with Gasteiger partial charge >= 0.3 is 0 Å². The van der Waals surface area contributed by atoms with Crippen LogP contribution in [0.5, 0.6) is 5.75 Å². The number of hydrogen-bond acceptors (Lipinski definition) is 5. The molecule has 0 radical (unpaired) electrons. The Kier molecular flexibility index (Phi) is 5.42. The quantitative estimate of drug-likeness (QED) is 0.462. The molecule has 146 valence electrons. The van der Waals surface area contributed by atoms with Crippen molar-refractivity contribution in [3.63, 3.8) is 0 Å². The molecule has 0 aliphatic carbocycles. The number of hydroxylamine groups is 1. The van der Waals surface area contributed by atoms with E-state index in [1.54, 1.807) is 6.20 Å². The van der Waals surface area contributed by atoms with Crippen LogP contribution in [0.25, 0.3) is 0 Å². The summed E-state index contributed by atoms with van der Waals surface area (Å²) in [4.78, 5) is 9.89. The molecule has 3 aromatic carbocycles. The first kappa shape index (κ1) is 18.9. The summed E-state index contributed by atoms with van der Waals surface area (Å²) in [6, 6.07) is 26.5. The molecule has 0 spiro atoms. The Morgan fingerprint density at radius 3 is 2.07 bits per heavy atom. The van der Waals surface area contributed by atoms with Crippen LogP contribution in [0.4, 0.5) is 0 Å². The molecule has 0 saturated heterocycles. The van der Waals surface area contributed by atoms with Gasteiger partial charge in [-0.1, -0.05) is 78.4 Å². The highest BCUT2D eigenvalue weighted by atomic mass is 16.6. The first-order chi connectivity index (χ1) is 14.2. The van der Waals surface area contributed by atoms with E-state index in [4.69, 9.17) is 9.25 Å². The number of hydrogen-bond donors (Lipinski definition) is 2. The highest BCUT2D eigenvalue weighted by Crippen LogP contribution is 2.36. The van der Waals surface area contributed by atoms with Crippen LogP contribution in [0.2, 0.25) is 0 Å². The number of nitrogens with one attached hydrogen (secondary N) is 1. The first-order valence-corrected chi connectivity index (χ1v) is 9.41.